The van der Waals surface area contributed by atoms with Gasteiger partial charge in [-0.1, -0.05) is 46.3 Å². The van der Waals surface area contributed by atoms with Crippen LogP contribution in [0.5, 0.6) is 5.75 Å². The van der Waals surface area contributed by atoms with Crippen molar-refractivity contribution in [2.75, 3.05) is 23.4 Å². The zero-order valence-corrected chi connectivity index (χ0v) is 13.2. The Morgan fingerprint density at radius 2 is 1.95 bits per heavy atom. The molecule has 0 spiro atoms. The monoisotopic (exact) mass is 334 g/mol. The summed E-state index contributed by atoms with van der Waals surface area (Å²) in [7, 11) is 0. The second kappa shape index (κ2) is 7.90. The summed E-state index contributed by atoms with van der Waals surface area (Å²) in [6.45, 7) is 4.34. The maximum absolute atomic E-state index is 5.68. The van der Waals surface area contributed by atoms with Gasteiger partial charge in [-0.25, -0.2) is 4.98 Å². The van der Waals surface area contributed by atoms with Crippen molar-refractivity contribution >= 4 is 21.7 Å². The lowest BCUT2D eigenvalue weighted by Gasteiger charge is -2.24. The van der Waals surface area contributed by atoms with Crippen molar-refractivity contribution in [1.29, 1.82) is 0 Å². The molecule has 0 radical (unpaired) electrons. The number of alkyl halides is 1. The van der Waals surface area contributed by atoms with Gasteiger partial charge >= 0.3 is 0 Å². The largest absolute Gasteiger partial charge is 0.490 e. The molecule has 0 unspecified atom stereocenters. The summed E-state index contributed by atoms with van der Waals surface area (Å²) in [5, 5.41) is 0.891. The number of aromatic nitrogens is 1. The van der Waals surface area contributed by atoms with Gasteiger partial charge in [0.25, 0.3) is 0 Å². The Morgan fingerprint density at radius 3 is 2.65 bits per heavy atom. The topological polar surface area (TPSA) is 25.4 Å². The second-order valence-corrected chi connectivity index (χ2v) is 5.15. The Morgan fingerprint density at radius 1 is 1.15 bits per heavy atom. The molecule has 0 saturated heterocycles. The molecule has 0 bridgehead atoms. The van der Waals surface area contributed by atoms with Crippen molar-refractivity contribution in [3.05, 3.63) is 54.2 Å². The minimum atomic E-state index is 0.645. The molecule has 1 aromatic heterocycles. The number of benzene rings is 1. The molecule has 0 aliphatic rings. The van der Waals surface area contributed by atoms with Crippen molar-refractivity contribution in [2.24, 2.45) is 0 Å². The Hall–Kier alpha value is -1.55. The highest BCUT2D eigenvalue weighted by Crippen LogP contribution is 2.26. The zero-order valence-electron chi connectivity index (χ0n) is 11.6. The van der Waals surface area contributed by atoms with Crippen molar-refractivity contribution in [3.8, 4) is 5.75 Å². The van der Waals surface area contributed by atoms with Crippen LogP contribution in [-0.2, 0) is 6.54 Å². The summed E-state index contributed by atoms with van der Waals surface area (Å²) in [4.78, 5) is 6.72. The third-order valence-electron chi connectivity index (χ3n) is 2.92. The fourth-order valence-corrected chi connectivity index (χ4v) is 2.48. The summed E-state index contributed by atoms with van der Waals surface area (Å²) in [6, 6.07) is 14.3. The van der Waals surface area contributed by atoms with Crippen LogP contribution in [0, 0.1) is 0 Å². The van der Waals surface area contributed by atoms with Gasteiger partial charge < -0.3 is 9.64 Å². The Bertz CT molecular complexity index is 519. The van der Waals surface area contributed by atoms with E-state index in [9.17, 15) is 0 Å². The van der Waals surface area contributed by atoms with Gasteiger partial charge in [-0.05, 0) is 24.6 Å². The SMILES string of the molecule is CCOc1cccnc1N(CCBr)Cc1ccccc1. The van der Waals surface area contributed by atoms with Crippen molar-refractivity contribution < 1.29 is 4.74 Å². The zero-order chi connectivity index (χ0) is 14.2. The molecule has 0 N–H and O–H groups in total. The molecular weight excluding hydrogens is 316 g/mol. The average Bonchev–Trinajstić information content (AvgIpc) is 2.49. The van der Waals surface area contributed by atoms with E-state index >= 15 is 0 Å². The Balaban J connectivity index is 2.24. The van der Waals surface area contributed by atoms with Crippen molar-refractivity contribution in [1.82, 2.24) is 4.98 Å². The maximum atomic E-state index is 5.68. The molecule has 0 aliphatic carbocycles. The Labute approximate surface area is 128 Å². The minimum Gasteiger partial charge on any atom is -0.490 e. The van der Waals surface area contributed by atoms with E-state index < -0.39 is 0 Å². The fraction of sp³-hybridized carbons (Fsp3) is 0.312. The number of ether oxygens (including phenoxy) is 1. The standard InChI is InChI=1S/C16H19BrN2O/c1-2-20-15-9-6-11-18-16(15)19(12-10-17)13-14-7-4-3-5-8-14/h3-9,11H,2,10,12-13H2,1H3. The summed E-state index contributed by atoms with van der Waals surface area (Å²) in [6.07, 6.45) is 1.81. The quantitative estimate of drug-likeness (QED) is 0.718. The number of hydrogen-bond donors (Lipinski definition) is 0. The smallest absolute Gasteiger partial charge is 0.171 e. The predicted molar refractivity (Wildman–Crippen MR) is 86.7 cm³/mol. The molecule has 0 amide bonds. The summed E-state index contributed by atoms with van der Waals surface area (Å²) >= 11 is 3.51. The van der Waals surface area contributed by atoms with E-state index in [1.54, 1.807) is 0 Å². The number of pyridine rings is 1. The highest BCUT2D eigenvalue weighted by molar-refractivity contribution is 9.09. The number of halogens is 1. The third kappa shape index (κ3) is 3.97. The Kier molecular flexibility index (Phi) is 5.87. The molecule has 3 nitrogen and oxygen atoms in total. The number of nitrogens with zero attached hydrogens (tertiary/aromatic N) is 2. The summed E-state index contributed by atoms with van der Waals surface area (Å²) < 4.78 is 5.68. The molecule has 1 heterocycles. The number of rotatable bonds is 7. The van der Waals surface area contributed by atoms with E-state index in [2.05, 4.69) is 50.1 Å². The molecule has 1 aromatic carbocycles. The summed E-state index contributed by atoms with van der Waals surface area (Å²) in [5.74, 6) is 1.74. The summed E-state index contributed by atoms with van der Waals surface area (Å²) in [5.41, 5.74) is 1.27. The molecule has 0 fully saturated rings. The van der Waals surface area contributed by atoms with Gasteiger partial charge in [-0.15, -0.1) is 0 Å². The first-order chi connectivity index (χ1) is 9.85. The van der Waals surface area contributed by atoms with Crippen LogP contribution in [0.15, 0.2) is 48.7 Å². The van der Waals surface area contributed by atoms with Gasteiger partial charge in [-0.2, -0.15) is 0 Å². The van der Waals surface area contributed by atoms with E-state index in [0.29, 0.717) is 6.61 Å². The van der Waals surface area contributed by atoms with E-state index in [0.717, 1.165) is 30.0 Å². The molecule has 0 saturated carbocycles. The first-order valence-electron chi connectivity index (χ1n) is 6.77. The van der Waals surface area contributed by atoms with Crippen LogP contribution in [-0.4, -0.2) is 23.5 Å². The lowest BCUT2D eigenvalue weighted by atomic mass is 10.2. The van der Waals surface area contributed by atoms with Gasteiger partial charge in [0.05, 0.1) is 6.61 Å². The molecule has 106 valence electrons. The number of anilines is 1. The lowest BCUT2D eigenvalue weighted by molar-refractivity contribution is 0.339. The van der Waals surface area contributed by atoms with Crippen LogP contribution < -0.4 is 9.64 Å². The van der Waals surface area contributed by atoms with Crippen LogP contribution in [0.4, 0.5) is 5.82 Å². The third-order valence-corrected chi connectivity index (χ3v) is 3.28. The normalized spacial score (nSPS) is 10.3. The number of hydrogen-bond acceptors (Lipinski definition) is 3. The van der Waals surface area contributed by atoms with Crippen LogP contribution in [0.1, 0.15) is 12.5 Å². The van der Waals surface area contributed by atoms with Gasteiger partial charge in [0.1, 0.15) is 0 Å². The fourth-order valence-electron chi connectivity index (χ4n) is 2.05. The van der Waals surface area contributed by atoms with Crippen LogP contribution in [0.25, 0.3) is 0 Å². The second-order valence-electron chi connectivity index (χ2n) is 4.35. The molecule has 0 aliphatic heterocycles. The highest BCUT2D eigenvalue weighted by atomic mass is 79.9. The van der Waals surface area contributed by atoms with E-state index in [4.69, 9.17) is 4.74 Å². The van der Waals surface area contributed by atoms with Gasteiger partial charge in [-0.3, -0.25) is 0 Å². The van der Waals surface area contributed by atoms with Crippen molar-refractivity contribution in [2.45, 2.75) is 13.5 Å². The van der Waals surface area contributed by atoms with Gasteiger partial charge in [0.15, 0.2) is 11.6 Å². The van der Waals surface area contributed by atoms with E-state index in [1.807, 2.05) is 31.3 Å². The maximum Gasteiger partial charge on any atom is 0.171 e. The molecule has 2 rings (SSSR count). The average molecular weight is 335 g/mol. The molecule has 20 heavy (non-hydrogen) atoms. The van der Waals surface area contributed by atoms with E-state index in [-0.39, 0.29) is 0 Å². The van der Waals surface area contributed by atoms with Gasteiger partial charge in [0.2, 0.25) is 0 Å². The predicted octanol–water partition coefficient (Wildman–Crippen LogP) is 3.88. The van der Waals surface area contributed by atoms with Crippen LogP contribution in [0.2, 0.25) is 0 Å². The van der Waals surface area contributed by atoms with Crippen LogP contribution >= 0.6 is 15.9 Å². The molecule has 4 heteroatoms. The first kappa shape index (κ1) is 14.9. The minimum absolute atomic E-state index is 0.645. The molecule has 2 aromatic rings. The molecule has 0 atom stereocenters. The highest BCUT2D eigenvalue weighted by Gasteiger charge is 2.13. The van der Waals surface area contributed by atoms with Gasteiger partial charge in [0, 0.05) is 24.6 Å². The first-order valence-corrected chi connectivity index (χ1v) is 7.90. The van der Waals surface area contributed by atoms with Crippen molar-refractivity contribution in [3.63, 3.8) is 0 Å². The lowest BCUT2D eigenvalue weighted by Crippen LogP contribution is -2.26. The van der Waals surface area contributed by atoms with Crippen LogP contribution in [0.3, 0.4) is 0 Å². The molecular formula is C16H19BrN2O. The van der Waals surface area contributed by atoms with E-state index in [1.165, 1.54) is 5.56 Å².